The molecule has 4 amide bonds. The lowest BCUT2D eigenvalue weighted by atomic mass is 9.94. The van der Waals surface area contributed by atoms with Gasteiger partial charge in [-0.05, 0) is 31.0 Å². The van der Waals surface area contributed by atoms with E-state index in [1.807, 2.05) is 19.1 Å². The highest BCUT2D eigenvalue weighted by Crippen LogP contribution is 2.33. The second kappa shape index (κ2) is 13.0. The Bertz CT molecular complexity index is 969. The molecule has 0 unspecified atom stereocenters. The first-order valence-electron chi connectivity index (χ1n) is 12.4. The van der Waals surface area contributed by atoms with Gasteiger partial charge in [-0.1, -0.05) is 25.1 Å². The number of piperazine rings is 1. The maximum atomic E-state index is 13.3. The number of carbonyl (C=O) groups excluding carboxylic acids is 3. The lowest BCUT2D eigenvalue weighted by Crippen LogP contribution is -2.55. The van der Waals surface area contributed by atoms with Gasteiger partial charge >= 0.3 is 18.0 Å². The van der Waals surface area contributed by atoms with Gasteiger partial charge in [0.05, 0.1) is 25.3 Å². The van der Waals surface area contributed by atoms with Crippen LogP contribution in [0.25, 0.3) is 0 Å². The Kier molecular flexibility index (Phi) is 9.75. The average molecular weight is 500 g/mol. The SMILES string of the molecule is C=CCN1C(=O)N[C@@H](c2ccc(OC)cc2)C(C(=O)OCC)=C1CN1CCN(C(=O)NCCC)CC1. The monoisotopic (exact) mass is 499 g/mol. The van der Waals surface area contributed by atoms with Crippen molar-refractivity contribution in [2.75, 3.05) is 59.5 Å². The van der Waals surface area contributed by atoms with Crippen molar-refractivity contribution in [1.29, 1.82) is 0 Å². The highest BCUT2D eigenvalue weighted by Gasteiger charge is 2.38. The van der Waals surface area contributed by atoms with E-state index in [-0.39, 0.29) is 25.2 Å². The van der Waals surface area contributed by atoms with Crippen LogP contribution in [-0.4, -0.2) is 92.3 Å². The zero-order valence-corrected chi connectivity index (χ0v) is 21.4. The highest BCUT2D eigenvalue weighted by molar-refractivity contribution is 5.95. The molecule has 1 atom stereocenters. The van der Waals surface area contributed by atoms with Crippen LogP contribution in [0.4, 0.5) is 9.59 Å². The van der Waals surface area contributed by atoms with Crippen molar-refractivity contribution < 1.29 is 23.9 Å². The number of methoxy groups -OCH3 is 1. The van der Waals surface area contributed by atoms with Crippen LogP contribution in [0, 0.1) is 0 Å². The molecule has 36 heavy (non-hydrogen) atoms. The van der Waals surface area contributed by atoms with Crippen LogP contribution in [0.5, 0.6) is 5.75 Å². The van der Waals surface area contributed by atoms with Crippen LogP contribution >= 0.6 is 0 Å². The average Bonchev–Trinajstić information content (AvgIpc) is 2.89. The summed E-state index contributed by atoms with van der Waals surface area (Å²) in [5, 5.41) is 5.88. The van der Waals surface area contributed by atoms with Crippen LogP contribution in [-0.2, 0) is 9.53 Å². The van der Waals surface area contributed by atoms with E-state index in [1.165, 1.54) is 0 Å². The first-order chi connectivity index (χ1) is 17.4. The summed E-state index contributed by atoms with van der Waals surface area (Å²) in [6.07, 6.45) is 2.51. The van der Waals surface area contributed by atoms with Crippen LogP contribution in [0.3, 0.4) is 0 Å². The molecule has 0 bridgehead atoms. The molecule has 2 aliphatic rings. The van der Waals surface area contributed by atoms with E-state index >= 15 is 0 Å². The Morgan fingerprint density at radius 3 is 2.44 bits per heavy atom. The molecule has 1 fully saturated rings. The van der Waals surface area contributed by atoms with Crippen molar-refractivity contribution in [2.45, 2.75) is 26.3 Å². The molecule has 1 saturated heterocycles. The van der Waals surface area contributed by atoms with E-state index in [4.69, 9.17) is 9.47 Å². The molecule has 0 aromatic heterocycles. The predicted molar refractivity (Wildman–Crippen MR) is 137 cm³/mol. The molecule has 1 aromatic carbocycles. The van der Waals surface area contributed by atoms with Gasteiger partial charge in [-0.2, -0.15) is 0 Å². The topological polar surface area (TPSA) is 103 Å². The number of hydrogen-bond acceptors (Lipinski definition) is 6. The van der Waals surface area contributed by atoms with E-state index in [2.05, 4.69) is 22.1 Å². The Morgan fingerprint density at radius 1 is 1.17 bits per heavy atom. The quantitative estimate of drug-likeness (QED) is 0.379. The van der Waals surface area contributed by atoms with Gasteiger partial charge < -0.3 is 25.0 Å². The Labute approximate surface area is 212 Å². The van der Waals surface area contributed by atoms with Gasteiger partial charge in [-0.15, -0.1) is 6.58 Å². The fourth-order valence-electron chi connectivity index (χ4n) is 4.36. The Morgan fingerprint density at radius 2 is 1.86 bits per heavy atom. The molecule has 2 aliphatic heterocycles. The number of ether oxygens (including phenoxy) is 2. The lowest BCUT2D eigenvalue weighted by Gasteiger charge is -2.40. The van der Waals surface area contributed by atoms with Crippen LogP contribution in [0.1, 0.15) is 31.9 Å². The molecule has 196 valence electrons. The summed E-state index contributed by atoms with van der Waals surface area (Å²) in [6, 6.07) is 6.21. The predicted octanol–water partition coefficient (Wildman–Crippen LogP) is 2.50. The number of esters is 1. The maximum absolute atomic E-state index is 13.3. The zero-order chi connectivity index (χ0) is 26.1. The molecular weight excluding hydrogens is 462 g/mol. The van der Waals surface area contributed by atoms with Crippen molar-refractivity contribution in [2.24, 2.45) is 0 Å². The Balaban J connectivity index is 1.92. The third-order valence-corrected chi connectivity index (χ3v) is 6.25. The van der Waals surface area contributed by atoms with Gasteiger partial charge in [0.1, 0.15) is 5.75 Å². The highest BCUT2D eigenvalue weighted by atomic mass is 16.5. The van der Waals surface area contributed by atoms with Gasteiger partial charge in [-0.25, -0.2) is 14.4 Å². The minimum Gasteiger partial charge on any atom is -0.497 e. The zero-order valence-electron chi connectivity index (χ0n) is 21.4. The van der Waals surface area contributed by atoms with E-state index in [0.717, 1.165) is 12.0 Å². The molecule has 0 radical (unpaired) electrons. The van der Waals surface area contributed by atoms with E-state index in [9.17, 15) is 14.4 Å². The third kappa shape index (κ3) is 6.37. The summed E-state index contributed by atoms with van der Waals surface area (Å²) in [6.45, 7) is 11.4. The minimum absolute atomic E-state index is 0.0622. The van der Waals surface area contributed by atoms with Crippen molar-refractivity contribution in [3.05, 3.63) is 53.8 Å². The smallest absolute Gasteiger partial charge is 0.338 e. The van der Waals surface area contributed by atoms with Crippen molar-refractivity contribution in [3.8, 4) is 5.75 Å². The number of benzene rings is 1. The van der Waals surface area contributed by atoms with Crippen LogP contribution in [0.15, 0.2) is 48.2 Å². The second-order valence-corrected chi connectivity index (χ2v) is 8.63. The van der Waals surface area contributed by atoms with Crippen molar-refractivity contribution in [1.82, 2.24) is 25.3 Å². The fourth-order valence-corrected chi connectivity index (χ4v) is 4.36. The summed E-state index contributed by atoms with van der Waals surface area (Å²) in [7, 11) is 1.58. The fraction of sp³-hybridized carbons (Fsp3) is 0.500. The lowest BCUT2D eigenvalue weighted by molar-refractivity contribution is -0.139. The van der Waals surface area contributed by atoms with Gasteiger partial charge in [0, 0.05) is 51.5 Å². The molecule has 10 nitrogen and oxygen atoms in total. The largest absolute Gasteiger partial charge is 0.497 e. The first kappa shape index (κ1) is 27.1. The third-order valence-electron chi connectivity index (χ3n) is 6.25. The summed E-state index contributed by atoms with van der Waals surface area (Å²) in [5.41, 5.74) is 1.73. The van der Waals surface area contributed by atoms with E-state index < -0.39 is 12.0 Å². The summed E-state index contributed by atoms with van der Waals surface area (Å²) in [4.78, 5) is 44.3. The van der Waals surface area contributed by atoms with Gasteiger partial charge in [-0.3, -0.25) is 9.80 Å². The molecule has 0 spiro atoms. The number of nitrogens with zero attached hydrogens (tertiary/aromatic N) is 3. The normalized spacial score (nSPS) is 18.5. The number of amides is 4. The van der Waals surface area contributed by atoms with E-state index in [0.29, 0.717) is 56.3 Å². The Hall–Kier alpha value is -3.53. The van der Waals surface area contributed by atoms with Crippen LogP contribution in [0.2, 0.25) is 0 Å². The van der Waals surface area contributed by atoms with Crippen molar-refractivity contribution in [3.63, 3.8) is 0 Å². The number of carbonyl (C=O) groups is 3. The number of rotatable bonds is 10. The van der Waals surface area contributed by atoms with Crippen molar-refractivity contribution >= 4 is 18.0 Å². The second-order valence-electron chi connectivity index (χ2n) is 8.63. The minimum atomic E-state index is -0.667. The van der Waals surface area contributed by atoms with Gasteiger partial charge in [0.15, 0.2) is 0 Å². The molecule has 0 saturated carbocycles. The summed E-state index contributed by atoms with van der Waals surface area (Å²) in [5.74, 6) is 0.205. The molecule has 10 heteroatoms. The van der Waals surface area contributed by atoms with Gasteiger partial charge in [0.25, 0.3) is 0 Å². The molecule has 3 rings (SSSR count). The standard InChI is InChI=1S/C26H37N5O5/c1-5-12-27-25(33)30-16-14-29(15-17-30)18-21-22(24(32)36-7-3)23(28-26(34)31(21)13-6-2)19-8-10-20(35-4)11-9-19/h6,8-11,23H,2,5,7,12-18H2,1,3-4H3,(H,27,33)(H,28,34)/t23-/m0/s1. The molecule has 1 aromatic rings. The molecule has 0 aliphatic carbocycles. The molecule has 2 heterocycles. The summed E-state index contributed by atoms with van der Waals surface area (Å²) >= 11 is 0. The number of nitrogens with one attached hydrogen (secondary N) is 2. The first-order valence-corrected chi connectivity index (χ1v) is 12.4. The molecule has 2 N–H and O–H groups in total. The number of hydrogen-bond donors (Lipinski definition) is 2. The van der Waals surface area contributed by atoms with E-state index in [1.54, 1.807) is 42.0 Å². The van der Waals surface area contributed by atoms with Crippen LogP contribution < -0.4 is 15.4 Å². The number of urea groups is 2. The van der Waals surface area contributed by atoms with Gasteiger partial charge in [0.2, 0.25) is 0 Å². The molecular formula is C26H37N5O5. The maximum Gasteiger partial charge on any atom is 0.338 e. The summed E-state index contributed by atoms with van der Waals surface area (Å²) < 4.78 is 10.7.